The summed E-state index contributed by atoms with van der Waals surface area (Å²) in [5, 5.41) is 5.52. The fraction of sp³-hybridized carbons (Fsp3) is 0.235. The van der Waals surface area contributed by atoms with Crippen molar-refractivity contribution in [2.45, 2.75) is 26.8 Å². The summed E-state index contributed by atoms with van der Waals surface area (Å²) in [4.78, 5) is 27.7. The molecule has 0 aliphatic carbocycles. The number of aryl methyl sites for hydroxylation is 2. The molecule has 1 heterocycles. The van der Waals surface area contributed by atoms with E-state index >= 15 is 0 Å². The first-order valence-electron chi connectivity index (χ1n) is 7.08. The van der Waals surface area contributed by atoms with Crippen LogP contribution in [0.25, 0.3) is 0 Å². The molecule has 5 heteroatoms. The highest BCUT2D eigenvalue weighted by atomic mass is 16.2. The van der Waals surface area contributed by atoms with Crippen molar-refractivity contribution in [2.75, 3.05) is 5.32 Å². The molecule has 5 nitrogen and oxygen atoms in total. The molecule has 0 aliphatic heterocycles. The van der Waals surface area contributed by atoms with Gasteiger partial charge in [0.25, 0.3) is 0 Å². The Morgan fingerprint density at radius 1 is 1.00 bits per heavy atom. The molecular weight excluding hydrogens is 278 g/mol. The van der Waals surface area contributed by atoms with E-state index in [4.69, 9.17) is 0 Å². The van der Waals surface area contributed by atoms with Crippen LogP contribution < -0.4 is 10.6 Å². The summed E-state index contributed by atoms with van der Waals surface area (Å²) in [6, 6.07) is 9.41. The number of carbonyl (C=O) groups excluding carboxylic acids is 2. The number of hydrogen-bond acceptors (Lipinski definition) is 3. The summed E-state index contributed by atoms with van der Waals surface area (Å²) in [6.45, 7) is 4.23. The Kier molecular flexibility index (Phi) is 5.25. The average Bonchev–Trinajstić information content (AvgIpc) is 2.50. The van der Waals surface area contributed by atoms with Gasteiger partial charge in [0.05, 0.1) is 0 Å². The Hall–Kier alpha value is -2.69. The molecule has 1 aromatic carbocycles. The Balaban J connectivity index is 1.85. The first kappa shape index (κ1) is 15.7. The van der Waals surface area contributed by atoms with Crippen molar-refractivity contribution < 1.29 is 9.59 Å². The highest BCUT2D eigenvalue weighted by Crippen LogP contribution is 2.19. The highest BCUT2D eigenvalue weighted by Gasteiger charge is 2.11. The molecule has 2 amide bonds. The van der Waals surface area contributed by atoms with Crippen molar-refractivity contribution in [3.05, 3.63) is 59.4 Å². The number of nitrogens with one attached hydrogen (secondary N) is 2. The summed E-state index contributed by atoms with van der Waals surface area (Å²) >= 11 is 0. The molecule has 0 spiro atoms. The summed E-state index contributed by atoms with van der Waals surface area (Å²) in [5.41, 5.74) is 3.67. The molecule has 0 fully saturated rings. The number of hydrogen-bond donors (Lipinski definition) is 2. The molecule has 2 aromatic rings. The van der Waals surface area contributed by atoms with Gasteiger partial charge >= 0.3 is 0 Å². The van der Waals surface area contributed by atoms with Gasteiger partial charge in [0.15, 0.2) is 0 Å². The second-order valence-corrected chi connectivity index (χ2v) is 5.12. The van der Waals surface area contributed by atoms with Crippen LogP contribution in [0.3, 0.4) is 0 Å². The van der Waals surface area contributed by atoms with E-state index in [1.54, 1.807) is 12.4 Å². The van der Waals surface area contributed by atoms with Gasteiger partial charge in [0, 0.05) is 24.6 Å². The normalized spacial score (nSPS) is 10.1. The van der Waals surface area contributed by atoms with Gasteiger partial charge in [-0.15, -0.1) is 0 Å². The first-order chi connectivity index (χ1) is 10.6. The summed E-state index contributed by atoms with van der Waals surface area (Å²) in [5.74, 6) is -0.620. The van der Waals surface area contributed by atoms with Gasteiger partial charge in [-0.3, -0.25) is 14.6 Å². The number of para-hydroxylation sites is 1. The lowest BCUT2D eigenvalue weighted by Crippen LogP contribution is -2.28. The summed E-state index contributed by atoms with van der Waals surface area (Å²) in [6.07, 6.45) is 3.13. The van der Waals surface area contributed by atoms with Gasteiger partial charge in [-0.25, -0.2) is 0 Å². The molecular formula is C17H19N3O2. The molecule has 22 heavy (non-hydrogen) atoms. The van der Waals surface area contributed by atoms with E-state index in [1.165, 1.54) is 0 Å². The lowest BCUT2D eigenvalue weighted by atomic mass is 10.1. The van der Waals surface area contributed by atoms with Crippen LogP contribution in [0.1, 0.15) is 23.1 Å². The number of carbonyl (C=O) groups is 2. The Labute approximate surface area is 129 Å². The van der Waals surface area contributed by atoms with Crippen LogP contribution in [0.2, 0.25) is 0 Å². The van der Waals surface area contributed by atoms with Crippen molar-refractivity contribution in [3.8, 4) is 0 Å². The Morgan fingerprint density at radius 2 is 1.64 bits per heavy atom. The van der Waals surface area contributed by atoms with Crippen LogP contribution in [0, 0.1) is 13.8 Å². The van der Waals surface area contributed by atoms with Gasteiger partial charge in [0.1, 0.15) is 6.42 Å². The second kappa shape index (κ2) is 7.36. The lowest BCUT2D eigenvalue weighted by molar-refractivity contribution is -0.126. The largest absolute Gasteiger partial charge is 0.352 e. The van der Waals surface area contributed by atoms with E-state index in [0.29, 0.717) is 6.54 Å². The fourth-order valence-electron chi connectivity index (χ4n) is 2.10. The zero-order chi connectivity index (χ0) is 15.9. The van der Waals surface area contributed by atoms with E-state index in [2.05, 4.69) is 15.6 Å². The van der Waals surface area contributed by atoms with Crippen LogP contribution in [0.5, 0.6) is 0 Å². The standard InChI is InChI=1S/C17H19N3O2/c1-12-4-3-5-13(2)17(12)20-16(22)10-15(21)19-11-14-6-8-18-9-7-14/h3-9H,10-11H2,1-2H3,(H,19,21)(H,20,22). The van der Waals surface area contributed by atoms with Gasteiger partial charge in [-0.2, -0.15) is 0 Å². The third-order valence-electron chi connectivity index (χ3n) is 3.31. The minimum Gasteiger partial charge on any atom is -0.352 e. The van der Waals surface area contributed by atoms with Crippen molar-refractivity contribution >= 4 is 17.5 Å². The molecule has 0 saturated heterocycles. The molecule has 1 aromatic heterocycles. The van der Waals surface area contributed by atoms with Crippen LogP contribution in [0.15, 0.2) is 42.7 Å². The average molecular weight is 297 g/mol. The zero-order valence-electron chi connectivity index (χ0n) is 12.7. The monoisotopic (exact) mass is 297 g/mol. The van der Waals surface area contributed by atoms with Gasteiger partial charge in [-0.05, 0) is 42.7 Å². The number of pyridine rings is 1. The minimum absolute atomic E-state index is 0.196. The maximum absolute atomic E-state index is 12.0. The molecule has 2 N–H and O–H groups in total. The van der Waals surface area contributed by atoms with E-state index in [0.717, 1.165) is 22.4 Å². The van der Waals surface area contributed by atoms with Gasteiger partial charge in [0.2, 0.25) is 11.8 Å². The number of aromatic nitrogens is 1. The van der Waals surface area contributed by atoms with Gasteiger partial charge < -0.3 is 10.6 Å². The number of benzene rings is 1. The van der Waals surface area contributed by atoms with Crippen LogP contribution in [0.4, 0.5) is 5.69 Å². The predicted molar refractivity (Wildman–Crippen MR) is 85.2 cm³/mol. The van der Waals surface area contributed by atoms with Crippen molar-refractivity contribution in [1.29, 1.82) is 0 Å². The van der Waals surface area contributed by atoms with E-state index in [-0.39, 0.29) is 18.2 Å². The number of nitrogens with zero attached hydrogens (tertiary/aromatic N) is 1. The molecule has 2 rings (SSSR count). The zero-order valence-corrected chi connectivity index (χ0v) is 12.7. The third kappa shape index (κ3) is 4.41. The topological polar surface area (TPSA) is 71.1 Å². The maximum atomic E-state index is 12.0. The molecule has 0 unspecified atom stereocenters. The quantitative estimate of drug-likeness (QED) is 0.832. The SMILES string of the molecule is Cc1cccc(C)c1NC(=O)CC(=O)NCc1ccncc1. The van der Waals surface area contributed by atoms with Crippen LogP contribution in [-0.4, -0.2) is 16.8 Å². The van der Waals surface area contributed by atoms with E-state index in [1.807, 2.05) is 44.2 Å². The molecule has 0 aliphatic rings. The van der Waals surface area contributed by atoms with Crippen molar-refractivity contribution in [2.24, 2.45) is 0 Å². The third-order valence-corrected chi connectivity index (χ3v) is 3.31. The van der Waals surface area contributed by atoms with E-state index < -0.39 is 0 Å². The number of rotatable bonds is 5. The minimum atomic E-state index is -0.315. The summed E-state index contributed by atoms with van der Waals surface area (Å²) < 4.78 is 0. The Bertz CT molecular complexity index is 649. The van der Waals surface area contributed by atoms with E-state index in [9.17, 15) is 9.59 Å². The predicted octanol–water partition coefficient (Wildman–Crippen LogP) is 2.34. The fourth-order valence-corrected chi connectivity index (χ4v) is 2.10. The highest BCUT2D eigenvalue weighted by molar-refractivity contribution is 6.04. The molecule has 0 radical (unpaired) electrons. The molecule has 0 atom stereocenters. The molecule has 0 bridgehead atoms. The smallest absolute Gasteiger partial charge is 0.233 e. The van der Waals surface area contributed by atoms with Crippen molar-refractivity contribution in [3.63, 3.8) is 0 Å². The number of amides is 2. The maximum Gasteiger partial charge on any atom is 0.233 e. The second-order valence-electron chi connectivity index (χ2n) is 5.12. The van der Waals surface area contributed by atoms with Crippen LogP contribution in [-0.2, 0) is 16.1 Å². The lowest BCUT2D eigenvalue weighted by Gasteiger charge is -2.11. The molecule has 114 valence electrons. The van der Waals surface area contributed by atoms with Crippen molar-refractivity contribution in [1.82, 2.24) is 10.3 Å². The van der Waals surface area contributed by atoms with Crippen LogP contribution >= 0.6 is 0 Å². The summed E-state index contributed by atoms with van der Waals surface area (Å²) in [7, 11) is 0. The number of anilines is 1. The Morgan fingerprint density at radius 3 is 2.27 bits per heavy atom. The molecule has 0 saturated carbocycles. The first-order valence-corrected chi connectivity index (χ1v) is 7.08. The van der Waals surface area contributed by atoms with Gasteiger partial charge in [-0.1, -0.05) is 18.2 Å².